The fourth-order valence-corrected chi connectivity index (χ4v) is 3.67. The molecule has 30 heavy (non-hydrogen) atoms. The molecule has 0 fully saturated rings. The number of anilines is 1. The second-order valence-corrected chi connectivity index (χ2v) is 7.70. The number of nitrogens with two attached hydrogens (primary N) is 1. The van der Waals surface area contributed by atoms with Crippen molar-refractivity contribution in [3.63, 3.8) is 0 Å². The number of benzene rings is 2. The van der Waals surface area contributed by atoms with Gasteiger partial charge in [-0.2, -0.15) is 4.98 Å². The number of halogens is 1. The third kappa shape index (κ3) is 4.22. The van der Waals surface area contributed by atoms with E-state index in [1.54, 1.807) is 17.9 Å². The molecule has 2 aromatic carbocycles. The molecule has 0 bridgehead atoms. The van der Waals surface area contributed by atoms with Gasteiger partial charge in [-0.1, -0.05) is 40.2 Å². The Kier molecular flexibility index (Phi) is 5.82. The van der Waals surface area contributed by atoms with Gasteiger partial charge in [0, 0.05) is 23.1 Å². The number of hydrogen-bond donors (Lipinski definition) is 3. The van der Waals surface area contributed by atoms with E-state index in [1.165, 1.54) is 0 Å². The summed E-state index contributed by atoms with van der Waals surface area (Å²) in [5, 5.41) is 3.21. The van der Waals surface area contributed by atoms with Gasteiger partial charge in [-0.15, -0.1) is 0 Å². The Morgan fingerprint density at radius 3 is 2.87 bits per heavy atom. The highest BCUT2D eigenvalue weighted by Gasteiger charge is 2.13. The number of imidazole rings is 1. The lowest BCUT2D eigenvalue weighted by molar-refractivity contribution is 0.408. The van der Waals surface area contributed by atoms with Gasteiger partial charge in [0.15, 0.2) is 5.65 Å². The second-order valence-electron chi connectivity index (χ2n) is 6.78. The maximum atomic E-state index is 12.5. The van der Waals surface area contributed by atoms with Gasteiger partial charge >= 0.3 is 5.69 Å². The number of aromatic nitrogens is 4. The number of fused-ring (bicyclic) bond motifs is 1. The Labute approximate surface area is 181 Å². The zero-order valence-electron chi connectivity index (χ0n) is 16.4. The molecule has 8 nitrogen and oxygen atoms in total. The van der Waals surface area contributed by atoms with Crippen molar-refractivity contribution in [2.75, 3.05) is 12.4 Å². The fourth-order valence-electron chi connectivity index (χ4n) is 3.27. The average molecular weight is 469 g/mol. The topological polar surface area (TPSA) is 111 Å². The largest absolute Gasteiger partial charge is 0.496 e. The summed E-state index contributed by atoms with van der Waals surface area (Å²) in [6.07, 6.45) is 1.61. The molecule has 2 aromatic heterocycles. The summed E-state index contributed by atoms with van der Waals surface area (Å²) in [6.45, 7) is 1.36. The zero-order valence-corrected chi connectivity index (χ0v) is 17.9. The van der Waals surface area contributed by atoms with Crippen LogP contribution >= 0.6 is 15.9 Å². The standard InChI is InChI=1S/C21H21BrN6O2/c1-30-18-6-5-16(22)8-15(18)12-28-19-17(26-21(28)29)11-25-20(27-19)24-10-14-4-2-3-13(7-14)9-23/h2-8,11H,9-10,12,23H2,1H3,(H,26,29)(H,24,25,27). The van der Waals surface area contributed by atoms with Gasteiger partial charge in [0.25, 0.3) is 0 Å². The molecular formula is C21H21BrN6O2. The van der Waals surface area contributed by atoms with Crippen LogP contribution in [0.1, 0.15) is 16.7 Å². The normalized spacial score (nSPS) is 11.0. The van der Waals surface area contributed by atoms with Crippen molar-refractivity contribution in [2.45, 2.75) is 19.6 Å². The molecule has 0 aliphatic carbocycles. The first kappa shape index (κ1) is 20.1. The number of rotatable bonds is 7. The van der Waals surface area contributed by atoms with E-state index < -0.39 is 0 Å². The Morgan fingerprint density at radius 1 is 1.23 bits per heavy atom. The molecule has 0 spiro atoms. The molecule has 0 amide bonds. The van der Waals surface area contributed by atoms with E-state index in [2.05, 4.69) is 36.2 Å². The van der Waals surface area contributed by atoms with Crippen molar-refractivity contribution in [3.05, 3.63) is 80.3 Å². The maximum Gasteiger partial charge on any atom is 0.328 e. The van der Waals surface area contributed by atoms with Gasteiger partial charge in [-0.25, -0.2) is 9.78 Å². The highest BCUT2D eigenvalue weighted by molar-refractivity contribution is 9.10. The van der Waals surface area contributed by atoms with Gasteiger partial charge in [0.05, 0.1) is 19.9 Å². The molecule has 9 heteroatoms. The first-order valence-corrected chi connectivity index (χ1v) is 10.2. The Balaban J connectivity index is 1.63. The lowest BCUT2D eigenvalue weighted by Gasteiger charge is -2.10. The SMILES string of the molecule is COc1ccc(Br)cc1Cn1c(=O)[nH]c2cnc(NCc3cccc(CN)c3)nc21. The summed E-state index contributed by atoms with van der Waals surface area (Å²) in [7, 11) is 1.61. The molecule has 0 saturated carbocycles. The predicted octanol–water partition coefficient (Wildman–Crippen LogP) is 3.01. The van der Waals surface area contributed by atoms with Gasteiger partial charge in [0.1, 0.15) is 11.3 Å². The van der Waals surface area contributed by atoms with Gasteiger partial charge in [0.2, 0.25) is 5.95 Å². The van der Waals surface area contributed by atoms with Crippen LogP contribution in [-0.4, -0.2) is 26.6 Å². The highest BCUT2D eigenvalue weighted by atomic mass is 79.9. The smallest absolute Gasteiger partial charge is 0.328 e. The first-order chi connectivity index (χ1) is 14.6. The minimum atomic E-state index is -0.255. The van der Waals surface area contributed by atoms with E-state index in [9.17, 15) is 4.79 Å². The molecule has 154 valence electrons. The number of ether oxygens (including phenoxy) is 1. The average Bonchev–Trinajstić information content (AvgIpc) is 3.07. The van der Waals surface area contributed by atoms with Crippen molar-refractivity contribution in [1.29, 1.82) is 0 Å². The summed E-state index contributed by atoms with van der Waals surface area (Å²) < 4.78 is 7.91. The Morgan fingerprint density at radius 2 is 2.07 bits per heavy atom. The van der Waals surface area contributed by atoms with E-state index in [0.717, 1.165) is 21.2 Å². The van der Waals surface area contributed by atoms with Crippen molar-refractivity contribution in [2.24, 2.45) is 5.73 Å². The Hall–Kier alpha value is -3.17. The van der Waals surface area contributed by atoms with Crippen molar-refractivity contribution >= 4 is 33.0 Å². The fraction of sp³-hybridized carbons (Fsp3) is 0.190. The van der Waals surface area contributed by atoms with Crippen LogP contribution in [-0.2, 0) is 19.6 Å². The zero-order chi connectivity index (χ0) is 21.1. The quantitative estimate of drug-likeness (QED) is 0.384. The molecule has 4 aromatic rings. The Bertz CT molecular complexity index is 1250. The first-order valence-electron chi connectivity index (χ1n) is 9.37. The van der Waals surface area contributed by atoms with Crippen LogP contribution in [0, 0.1) is 0 Å². The van der Waals surface area contributed by atoms with E-state index in [1.807, 2.05) is 42.5 Å². The molecule has 0 saturated heterocycles. The van der Waals surface area contributed by atoms with E-state index in [0.29, 0.717) is 42.5 Å². The van der Waals surface area contributed by atoms with E-state index >= 15 is 0 Å². The van der Waals surface area contributed by atoms with Gasteiger partial charge < -0.3 is 20.8 Å². The van der Waals surface area contributed by atoms with E-state index in [4.69, 9.17) is 10.5 Å². The second kappa shape index (κ2) is 8.68. The van der Waals surface area contributed by atoms with E-state index in [-0.39, 0.29) is 5.69 Å². The predicted molar refractivity (Wildman–Crippen MR) is 120 cm³/mol. The van der Waals surface area contributed by atoms with Crippen LogP contribution in [0.5, 0.6) is 5.75 Å². The third-order valence-electron chi connectivity index (χ3n) is 4.76. The lowest BCUT2D eigenvalue weighted by atomic mass is 10.1. The number of methoxy groups -OCH3 is 1. The van der Waals surface area contributed by atoms with Crippen LogP contribution in [0.25, 0.3) is 11.2 Å². The van der Waals surface area contributed by atoms with Crippen LogP contribution in [0.2, 0.25) is 0 Å². The molecule has 4 rings (SSSR count). The molecule has 2 heterocycles. The molecule has 0 unspecified atom stereocenters. The molecule has 0 aliphatic heterocycles. The summed E-state index contributed by atoms with van der Waals surface area (Å²) in [5.74, 6) is 1.14. The number of aromatic amines is 1. The van der Waals surface area contributed by atoms with Crippen LogP contribution in [0.15, 0.2) is 57.9 Å². The van der Waals surface area contributed by atoms with Crippen LogP contribution in [0.3, 0.4) is 0 Å². The minimum absolute atomic E-state index is 0.255. The number of hydrogen-bond acceptors (Lipinski definition) is 6. The van der Waals surface area contributed by atoms with Crippen molar-refractivity contribution in [1.82, 2.24) is 19.5 Å². The molecule has 0 radical (unpaired) electrons. The monoisotopic (exact) mass is 468 g/mol. The number of nitrogens with one attached hydrogen (secondary N) is 2. The van der Waals surface area contributed by atoms with Gasteiger partial charge in [-0.05, 0) is 29.3 Å². The highest BCUT2D eigenvalue weighted by Crippen LogP contribution is 2.24. The molecule has 4 N–H and O–H groups in total. The molecular weight excluding hydrogens is 448 g/mol. The van der Waals surface area contributed by atoms with Gasteiger partial charge in [-0.3, -0.25) is 4.57 Å². The van der Waals surface area contributed by atoms with Crippen molar-refractivity contribution in [3.8, 4) is 5.75 Å². The lowest BCUT2D eigenvalue weighted by Crippen LogP contribution is -2.18. The number of nitrogens with zero attached hydrogens (tertiary/aromatic N) is 3. The minimum Gasteiger partial charge on any atom is -0.496 e. The molecule has 0 atom stereocenters. The molecule has 0 aliphatic rings. The summed E-state index contributed by atoms with van der Waals surface area (Å²) >= 11 is 3.47. The summed E-state index contributed by atoms with van der Waals surface area (Å²) in [4.78, 5) is 24.2. The summed E-state index contributed by atoms with van der Waals surface area (Å²) in [5.41, 5.74) is 9.55. The number of H-pyrrole nitrogens is 1. The van der Waals surface area contributed by atoms with Crippen molar-refractivity contribution < 1.29 is 4.74 Å². The van der Waals surface area contributed by atoms with Crippen LogP contribution in [0.4, 0.5) is 5.95 Å². The maximum absolute atomic E-state index is 12.5. The third-order valence-corrected chi connectivity index (χ3v) is 5.25. The summed E-state index contributed by atoms with van der Waals surface area (Å²) in [6, 6.07) is 13.7. The van der Waals surface area contributed by atoms with Crippen LogP contribution < -0.4 is 21.5 Å².